The Balaban J connectivity index is 1.79. The van der Waals surface area contributed by atoms with Gasteiger partial charge in [0, 0.05) is 11.9 Å². The first-order valence-corrected chi connectivity index (χ1v) is 9.08. The number of aryl methyl sites for hydroxylation is 3. The molecule has 3 rings (SSSR count). The zero-order valence-corrected chi connectivity index (χ0v) is 15.4. The largest absolute Gasteiger partial charge is 0.480 e. The van der Waals surface area contributed by atoms with Gasteiger partial charge in [0.25, 0.3) is 0 Å². The molecule has 0 atom stereocenters. The third-order valence-corrected chi connectivity index (χ3v) is 4.64. The van der Waals surface area contributed by atoms with Crippen molar-refractivity contribution < 1.29 is 14.3 Å². The Morgan fingerprint density at radius 1 is 1.08 bits per heavy atom. The number of aromatic nitrogens is 1. The first kappa shape index (κ1) is 18.1. The molecular formula is C22H25NO3. The second kappa shape index (κ2) is 8.56. The average molecular weight is 351 g/mol. The lowest BCUT2D eigenvalue weighted by molar-refractivity contribution is -0.142. The molecule has 0 saturated heterocycles. The molecule has 4 heteroatoms. The monoisotopic (exact) mass is 351 g/mol. The van der Waals surface area contributed by atoms with E-state index in [1.54, 1.807) is 0 Å². The SMILES string of the molecule is CCc1cc2c(OCC(=O)OC)cccn2c1CCCc1ccccc1. The van der Waals surface area contributed by atoms with Gasteiger partial charge in [-0.3, -0.25) is 0 Å². The molecule has 0 aliphatic carbocycles. The van der Waals surface area contributed by atoms with Crippen LogP contribution >= 0.6 is 0 Å². The molecule has 26 heavy (non-hydrogen) atoms. The molecule has 2 aromatic heterocycles. The van der Waals surface area contributed by atoms with Gasteiger partial charge in [0.15, 0.2) is 6.61 Å². The van der Waals surface area contributed by atoms with Crippen LogP contribution in [-0.4, -0.2) is 24.1 Å². The van der Waals surface area contributed by atoms with Gasteiger partial charge < -0.3 is 13.9 Å². The predicted octanol–water partition coefficient (Wildman–Crippen LogP) is 4.23. The Hall–Kier alpha value is -2.75. The number of pyridine rings is 1. The van der Waals surface area contributed by atoms with Gasteiger partial charge in [-0.15, -0.1) is 0 Å². The number of esters is 1. The van der Waals surface area contributed by atoms with Crippen molar-refractivity contribution in [2.24, 2.45) is 0 Å². The van der Waals surface area contributed by atoms with Gasteiger partial charge in [-0.2, -0.15) is 0 Å². The number of carbonyl (C=O) groups excluding carboxylic acids is 1. The van der Waals surface area contributed by atoms with Crippen LogP contribution in [0.1, 0.15) is 30.2 Å². The highest BCUT2D eigenvalue weighted by atomic mass is 16.6. The molecule has 1 aromatic carbocycles. The molecule has 0 N–H and O–H groups in total. The first-order valence-electron chi connectivity index (χ1n) is 9.08. The van der Waals surface area contributed by atoms with Crippen LogP contribution in [0.2, 0.25) is 0 Å². The molecule has 0 unspecified atom stereocenters. The highest BCUT2D eigenvalue weighted by Gasteiger charge is 2.13. The van der Waals surface area contributed by atoms with Gasteiger partial charge in [0.05, 0.1) is 12.6 Å². The fourth-order valence-corrected chi connectivity index (χ4v) is 3.29. The van der Waals surface area contributed by atoms with Gasteiger partial charge in [-0.05, 0) is 55.0 Å². The number of hydrogen-bond donors (Lipinski definition) is 0. The molecule has 0 radical (unpaired) electrons. The number of nitrogens with zero attached hydrogens (tertiary/aromatic N) is 1. The molecule has 0 bridgehead atoms. The van der Waals surface area contributed by atoms with Crippen molar-refractivity contribution in [3.63, 3.8) is 0 Å². The molecule has 0 aliphatic rings. The summed E-state index contributed by atoms with van der Waals surface area (Å²) in [5.41, 5.74) is 5.02. The minimum atomic E-state index is -0.377. The Morgan fingerprint density at radius 2 is 1.88 bits per heavy atom. The molecule has 4 nitrogen and oxygen atoms in total. The summed E-state index contributed by atoms with van der Waals surface area (Å²) in [5.74, 6) is 0.333. The number of hydrogen-bond acceptors (Lipinski definition) is 3. The normalized spacial score (nSPS) is 10.8. The van der Waals surface area contributed by atoms with Crippen LogP contribution in [0, 0.1) is 0 Å². The van der Waals surface area contributed by atoms with E-state index in [0.717, 1.165) is 31.2 Å². The Bertz CT molecular complexity index is 868. The lowest BCUT2D eigenvalue weighted by Gasteiger charge is -2.09. The highest BCUT2D eigenvalue weighted by Crippen LogP contribution is 2.27. The van der Waals surface area contributed by atoms with Crippen LogP contribution in [0.15, 0.2) is 54.7 Å². The first-order chi connectivity index (χ1) is 12.7. The lowest BCUT2D eigenvalue weighted by atomic mass is 10.0. The summed E-state index contributed by atoms with van der Waals surface area (Å²) >= 11 is 0. The summed E-state index contributed by atoms with van der Waals surface area (Å²) < 4.78 is 12.5. The molecular weight excluding hydrogens is 326 g/mol. The summed E-state index contributed by atoms with van der Waals surface area (Å²) in [6.45, 7) is 2.09. The van der Waals surface area contributed by atoms with E-state index in [4.69, 9.17) is 4.74 Å². The van der Waals surface area contributed by atoms with E-state index in [1.807, 2.05) is 12.1 Å². The van der Waals surface area contributed by atoms with Gasteiger partial charge >= 0.3 is 5.97 Å². The number of fused-ring (bicyclic) bond motifs is 1. The minimum Gasteiger partial charge on any atom is -0.480 e. The van der Waals surface area contributed by atoms with Crippen molar-refractivity contribution in [1.82, 2.24) is 4.40 Å². The van der Waals surface area contributed by atoms with E-state index in [1.165, 1.54) is 23.9 Å². The third kappa shape index (κ3) is 4.07. The van der Waals surface area contributed by atoms with Gasteiger partial charge in [-0.1, -0.05) is 37.3 Å². The van der Waals surface area contributed by atoms with Crippen LogP contribution in [0.4, 0.5) is 0 Å². The zero-order chi connectivity index (χ0) is 18.4. The second-order valence-corrected chi connectivity index (χ2v) is 6.30. The van der Waals surface area contributed by atoms with Gasteiger partial charge in [0.2, 0.25) is 0 Å². The summed E-state index contributed by atoms with van der Waals surface area (Å²) in [7, 11) is 1.36. The number of carbonyl (C=O) groups is 1. The van der Waals surface area contributed by atoms with Gasteiger partial charge in [-0.25, -0.2) is 4.79 Å². The molecule has 0 spiro atoms. The van der Waals surface area contributed by atoms with Crippen molar-refractivity contribution in [2.75, 3.05) is 13.7 Å². The Kier molecular flexibility index (Phi) is 5.95. The van der Waals surface area contributed by atoms with E-state index in [2.05, 4.69) is 58.7 Å². The van der Waals surface area contributed by atoms with E-state index in [-0.39, 0.29) is 12.6 Å². The molecule has 0 aliphatic heterocycles. The van der Waals surface area contributed by atoms with E-state index in [0.29, 0.717) is 5.75 Å². The maximum Gasteiger partial charge on any atom is 0.343 e. The van der Waals surface area contributed by atoms with Crippen LogP contribution in [0.5, 0.6) is 5.75 Å². The molecule has 0 saturated carbocycles. The van der Waals surface area contributed by atoms with Crippen molar-refractivity contribution in [2.45, 2.75) is 32.6 Å². The Morgan fingerprint density at radius 3 is 2.62 bits per heavy atom. The minimum absolute atomic E-state index is 0.0772. The summed E-state index contributed by atoms with van der Waals surface area (Å²) in [4.78, 5) is 11.4. The smallest absolute Gasteiger partial charge is 0.343 e. The quantitative estimate of drug-likeness (QED) is 0.570. The molecule has 0 amide bonds. The van der Waals surface area contributed by atoms with E-state index < -0.39 is 0 Å². The van der Waals surface area contributed by atoms with Crippen molar-refractivity contribution >= 4 is 11.5 Å². The van der Waals surface area contributed by atoms with Crippen LogP contribution in [0.3, 0.4) is 0 Å². The second-order valence-electron chi connectivity index (χ2n) is 6.30. The number of rotatable bonds is 8. The molecule has 136 valence electrons. The Labute approximate surface area is 154 Å². The third-order valence-electron chi connectivity index (χ3n) is 4.64. The van der Waals surface area contributed by atoms with Crippen LogP contribution in [0.25, 0.3) is 5.52 Å². The van der Waals surface area contributed by atoms with Gasteiger partial charge in [0.1, 0.15) is 5.75 Å². The highest BCUT2D eigenvalue weighted by molar-refractivity contribution is 5.72. The number of ether oxygens (including phenoxy) is 2. The van der Waals surface area contributed by atoms with Crippen LogP contribution in [-0.2, 0) is 28.8 Å². The van der Waals surface area contributed by atoms with Crippen LogP contribution < -0.4 is 4.74 Å². The number of methoxy groups -OCH3 is 1. The van der Waals surface area contributed by atoms with Crippen molar-refractivity contribution in [3.05, 3.63) is 71.5 Å². The van der Waals surface area contributed by atoms with E-state index >= 15 is 0 Å². The van der Waals surface area contributed by atoms with Crippen molar-refractivity contribution in [3.8, 4) is 5.75 Å². The standard InChI is InChI=1S/C22H25NO3/c1-3-18-15-20-21(26-16-22(24)25-2)13-8-14-23(20)19(18)12-7-11-17-9-5-4-6-10-17/h4-6,8-10,13-15H,3,7,11-12,16H2,1-2H3. The fraction of sp³-hybridized carbons (Fsp3) is 0.318. The average Bonchev–Trinajstić information content (AvgIpc) is 3.05. The fourth-order valence-electron chi connectivity index (χ4n) is 3.29. The van der Waals surface area contributed by atoms with Crippen molar-refractivity contribution in [1.29, 1.82) is 0 Å². The summed E-state index contributed by atoms with van der Waals surface area (Å²) in [6, 6.07) is 16.6. The molecule has 2 heterocycles. The van der Waals surface area contributed by atoms with E-state index in [9.17, 15) is 4.79 Å². The maximum absolute atomic E-state index is 11.4. The summed E-state index contributed by atoms with van der Waals surface area (Å²) in [6.07, 6.45) is 6.20. The molecule has 0 fully saturated rings. The maximum atomic E-state index is 11.4. The lowest BCUT2D eigenvalue weighted by Crippen LogP contribution is -2.12. The zero-order valence-electron chi connectivity index (χ0n) is 15.4. The number of benzene rings is 1. The predicted molar refractivity (Wildman–Crippen MR) is 103 cm³/mol. The summed E-state index contributed by atoms with van der Waals surface area (Å²) in [5, 5.41) is 0. The topological polar surface area (TPSA) is 39.9 Å². The molecule has 3 aromatic rings.